The lowest BCUT2D eigenvalue weighted by atomic mass is 9.95. The van der Waals surface area contributed by atoms with E-state index in [2.05, 4.69) is 0 Å². The van der Waals surface area contributed by atoms with E-state index in [0.29, 0.717) is 17.9 Å². The summed E-state index contributed by atoms with van der Waals surface area (Å²) in [5, 5.41) is 10.9. The lowest BCUT2D eigenvalue weighted by Crippen LogP contribution is -3.06. The second kappa shape index (κ2) is 8.45. The van der Waals surface area contributed by atoms with E-state index in [9.17, 15) is 19.1 Å². The molecule has 2 aromatic carbocycles. The van der Waals surface area contributed by atoms with Crippen LogP contribution >= 0.6 is 0 Å². The third-order valence-electron chi connectivity index (χ3n) is 4.96. The highest BCUT2D eigenvalue weighted by atomic mass is 19.1. The minimum absolute atomic E-state index is 0.112. The highest BCUT2D eigenvalue weighted by molar-refractivity contribution is 6.46. The summed E-state index contributed by atoms with van der Waals surface area (Å²) < 4.78 is 19.7. The van der Waals surface area contributed by atoms with Crippen LogP contribution in [0.5, 0.6) is 5.75 Å². The largest absolute Gasteiger partial charge is 0.507 e. The molecule has 3 rings (SSSR count). The molecular weight excluding hydrogens is 375 g/mol. The first-order chi connectivity index (χ1) is 13.8. The number of likely N-dealkylation sites (N-methyl/N-ethyl adjacent to an activating group) is 1. The summed E-state index contributed by atoms with van der Waals surface area (Å²) in [6.45, 7) is 0.825. The number of likely N-dealkylation sites (tertiary alicyclic amines) is 1. The van der Waals surface area contributed by atoms with Crippen LogP contribution in [0.25, 0.3) is 5.76 Å². The molecule has 1 fully saturated rings. The van der Waals surface area contributed by atoms with E-state index in [1.165, 1.54) is 24.1 Å². The van der Waals surface area contributed by atoms with E-state index in [4.69, 9.17) is 4.74 Å². The van der Waals surface area contributed by atoms with Crippen molar-refractivity contribution in [2.75, 3.05) is 34.3 Å². The molecule has 0 bridgehead atoms. The quantitative estimate of drug-likeness (QED) is 0.438. The predicted molar refractivity (Wildman–Crippen MR) is 106 cm³/mol. The number of hydrogen-bond acceptors (Lipinski definition) is 4. The number of methoxy groups -OCH3 is 1. The van der Waals surface area contributed by atoms with Gasteiger partial charge in [-0.25, -0.2) is 4.39 Å². The Kier molecular flexibility index (Phi) is 5.98. The molecule has 0 saturated carbocycles. The monoisotopic (exact) mass is 399 g/mol. The predicted octanol–water partition coefficient (Wildman–Crippen LogP) is 1.40. The number of carbonyl (C=O) groups is 2. The van der Waals surface area contributed by atoms with E-state index in [1.54, 1.807) is 36.4 Å². The maximum atomic E-state index is 14.6. The van der Waals surface area contributed by atoms with Gasteiger partial charge < -0.3 is 19.6 Å². The summed E-state index contributed by atoms with van der Waals surface area (Å²) >= 11 is 0. The second-order valence-electron chi connectivity index (χ2n) is 7.20. The highest BCUT2D eigenvalue weighted by Crippen LogP contribution is 2.40. The molecule has 1 atom stereocenters. The minimum Gasteiger partial charge on any atom is -0.507 e. The maximum absolute atomic E-state index is 14.6. The lowest BCUT2D eigenvalue weighted by Gasteiger charge is -2.25. The van der Waals surface area contributed by atoms with Gasteiger partial charge in [-0.1, -0.05) is 18.2 Å². The molecule has 0 aliphatic carbocycles. The van der Waals surface area contributed by atoms with Gasteiger partial charge in [0, 0.05) is 11.1 Å². The Hall–Kier alpha value is -3.19. The first-order valence-corrected chi connectivity index (χ1v) is 9.31. The molecule has 0 spiro atoms. The zero-order chi connectivity index (χ0) is 21.1. The Bertz CT molecular complexity index is 954. The lowest BCUT2D eigenvalue weighted by molar-refractivity contribution is -0.857. The molecule has 0 unspecified atom stereocenters. The smallest absolute Gasteiger partial charge is 0.295 e. The molecule has 152 valence electrons. The highest BCUT2D eigenvalue weighted by Gasteiger charge is 2.47. The average Bonchev–Trinajstić information content (AvgIpc) is 2.96. The fourth-order valence-corrected chi connectivity index (χ4v) is 3.38. The first kappa shape index (κ1) is 20.5. The molecule has 29 heavy (non-hydrogen) atoms. The number of amides is 1. The standard InChI is InChI=1S/C22H23FN2O4/c1-24(2)12-13-25-19(16-6-4-5-7-17(16)23)18(21(27)22(25)28)20(26)14-8-10-15(29-3)11-9-14/h4-11,19,26H,12-13H2,1-3H3/p+1/t19-/m1/s1. The van der Waals surface area contributed by atoms with Crippen LogP contribution in [0.3, 0.4) is 0 Å². The van der Waals surface area contributed by atoms with Gasteiger partial charge >= 0.3 is 0 Å². The number of aliphatic hydroxyl groups excluding tert-OH is 1. The van der Waals surface area contributed by atoms with Gasteiger partial charge in [0.2, 0.25) is 0 Å². The SMILES string of the molecule is COc1ccc(C(O)=C2C(=O)C(=O)N(CC[NH+](C)C)[C@@H]2c2ccccc2F)cc1. The third-order valence-corrected chi connectivity index (χ3v) is 4.96. The topological polar surface area (TPSA) is 71.3 Å². The van der Waals surface area contributed by atoms with Crippen molar-refractivity contribution in [3.05, 3.63) is 71.0 Å². The van der Waals surface area contributed by atoms with Gasteiger partial charge in [-0.05, 0) is 30.3 Å². The molecule has 6 nitrogen and oxygen atoms in total. The number of Topliss-reactive ketones (excluding diaryl/α,β-unsaturated/α-hetero) is 1. The summed E-state index contributed by atoms with van der Waals surface area (Å²) in [5.74, 6) is -1.85. The number of nitrogens with zero attached hydrogens (tertiary/aromatic N) is 1. The van der Waals surface area contributed by atoms with Crippen molar-refractivity contribution in [3.8, 4) is 5.75 Å². The normalized spacial score (nSPS) is 18.5. The van der Waals surface area contributed by atoms with E-state index in [0.717, 1.165) is 4.90 Å². The van der Waals surface area contributed by atoms with Gasteiger partial charge in [0.15, 0.2) is 0 Å². The van der Waals surface area contributed by atoms with Gasteiger partial charge in [0.1, 0.15) is 17.3 Å². The van der Waals surface area contributed by atoms with Crippen molar-refractivity contribution in [1.82, 2.24) is 4.90 Å². The van der Waals surface area contributed by atoms with Crippen LogP contribution in [0.1, 0.15) is 17.2 Å². The van der Waals surface area contributed by atoms with Crippen LogP contribution in [-0.4, -0.2) is 56.0 Å². The molecule has 2 N–H and O–H groups in total. The zero-order valence-electron chi connectivity index (χ0n) is 16.6. The molecule has 1 saturated heterocycles. The fraction of sp³-hybridized carbons (Fsp3) is 0.273. The van der Waals surface area contributed by atoms with Crippen molar-refractivity contribution in [1.29, 1.82) is 0 Å². The average molecular weight is 399 g/mol. The van der Waals surface area contributed by atoms with Gasteiger partial charge in [-0.2, -0.15) is 0 Å². The molecular formula is C22H24FN2O4+. The van der Waals surface area contributed by atoms with Crippen LogP contribution in [-0.2, 0) is 9.59 Å². The van der Waals surface area contributed by atoms with Crippen molar-refractivity contribution >= 4 is 17.4 Å². The molecule has 7 heteroatoms. The Balaban J connectivity index is 2.14. The number of benzene rings is 2. The second-order valence-corrected chi connectivity index (χ2v) is 7.20. The van der Waals surface area contributed by atoms with E-state index >= 15 is 0 Å². The summed E-state index contributed by atoms with van der Waals surface area (Å²) in [4.78, 5) is 28.0. The van der Waals surface area contributed by atoms with Crippen LogP contribution < -0.4 is 9.64 Å². The molecule has 1 aliphatic heterocycles. The Morgan fingerprint density at radius 3 is 2.38 bits per heavy atom. The first-order valence-electron chi connectivity index (χ1n) is 9.31. The molecule has 1 heterocycles. The van der Waals surface area contributed by atoms with E-state index in [1.807, 2.05) is 14.1 Å². The summed E-state index contributed by atoms with van der Waals surface area (Å²) in [6, 6.07) is 11.5. The van der Waals surface area contributed by atoms with E-state index < -0.39 is 23.5 Å². The number of carbonyl (C=O) groups excluding carboxylic acids is 2. The van der Waals surface area contributed by atoms with Crippen LogP contribution in [0.15, 0.2) is 54.1 Å². The van der Waals surface area contributed by atoms with Crippen LogP contribution in [0.2, 0.25) is 0 Å². The summed E-state index contributed by atoms with van der Waals surface area (Å²) in [6.07, 6.45) is 0. The number of quaternary nitrogens is 1. The number of halogens is 1. The van der Waals surface area contributed by atoms with Crippen LogP contribution in [0.4, 0.5) is 4.39 Å². The van der Waals surface area contributed by atoms with Gasteiger partial charge in [-0.15, -0.1) is 0 Å². The van der Waals surface area contributed by atoms with Crippen molar-refractivity contribution in [2.45, 2.75) is 6.04 Å². The van der Waals surface area contributed by atoms with Gasteiger partial charge in [0.05, 0.1) is 45.9 Å². The van der Waals surface area contributed by atoms with Gasteiger partial charge in [-0.3, -0.25) is 9.59 Å². The molecule has 0 radical (unpaired) electrons. The number of ether oxygens (including phenoxy) is 1. The van der Waals surface area contributed by atoms with Crippen molar-refractivity contribution < 1.29 is 28.7 Å². The molecule has 2 aromatic rings. The Labute approximate surface area is 168 Å². The third kappa shape index (κ3) is 4.00. The Morgan fingerprint density at radius 2 is 1.79 bits per heavy atom. The number of rotatable bonds is 6. The van der Waals surface area contributed by atoms with Crippen molar-refractivity contribution in [2.24, 2.45) is 0 Å². The number of ketones is 1. The zero-order valence-corrected chi connectivity index (χ0v) is 16.6. The van der Waals surface area contributed by atoms with Gasteiger partial charge in [0.25, 0.3) is 11.7 Å². The number of aliphatic hydroxyl groups is 1. The van der Waals surface area contributed by atoms with E-state index in [-0.39, 0.29) is 23.4 Å². The summed E-state index contributed by atoms with van der Waals surface area (Å²) in [7, 11) is 5.36. The van der Waals surface area contributed by atoms with Crippen LogP contribution in [0, 0.1) is 5.82 Å². The molecule has 0 aromatic heterocycles. The molecule has 1 amide bonds. The number of hydrogen-bond donors (Lipinski definition) is 2. The minimum atomic E-state index is -0.988. The van der Waals surface area contributed by atoms with Crippen molar-refractivity contribution in [3.63, 3.8) is 0 Å². The molecule has 1 aliphatic rings. The maximum Gasteiger partial charge on any atom is 0.295 e. The summed E-state index contributed by atoms with van der Waals surface area (Å²) in [5.41, 5.74) is 0.415. The number of nitrogens with one attached hydrogen (secondary N) is 1. The Morgan fingerprint density at radius 1 is 1.14 bits per heavy atom. The fourth-order valence-electron chi connectivity index (χ4n) is 3.38.